The van der Waals surface area contributed by atoms with Gasteiger partial charge in [0.2, 0.25) is 0 Å². The molecule has 22 heavy (non-hydrogen) atoms. The fraction of sp³-hybridized carbons (Fsp3) is 0.333. The van der Waals surface area contributed by atoms with E-state index in [0.29, 0.717) is 25.2 Å². The van der Waals surface area contributed by atoms with Crippen molar-refractivity contribution in [3.8, 4) is 5.75 Å². The standard InChI is InChI=1S/C18H19FO3/c19-15-7-9-17(21-12-13-4-2-1-3-5-13)14(10-15)6-8-16-11-18(20)22-16/h1-5,7,9-10,16,18,20H,6,8,11-12H2/t16-,18?/m0/s1. The van der Waals surface area contributed by atoms with Gasteiger partial charge < -0.3 is 14.6 Å². The lowest BCUT2D eigenvalue weighted by atomic mass is 10.0. The molecule has 0 aromatic heterocycles. The molecule has 0 bridgehead atoms. The third-order valence-electron chi connectivity index (χ3n) is 3.81. The SMILES string of the molecule is OC1C[C@H](CCc2cc(F)ccc2OCc2ccccc2)O1. The summed E-state index contributed by atoms with van der Waals surface area (Å²) in [5.74, 6) is 0.432. The molecule has 1 N–H and O–H groups in total. The Bertz CT molecular complexity index is 609. The lowest BCUT2D eigenvalue weighted by Crippen LogP contribution is -2.37. The fourth-order valence-corrected chi connectivity index (χ4v) is 2.56. The summed E-state index contributed by atoms with van der Waals surface area (Å²) < 4.78 is 24.5. The van der Waals surface area contributed by atoms with E-state index in [2.05, 4.69) is 0 Å². The number of hydrogen-bond acceptors (Lipinski definition) is 3. The van der Waals surface area contributed by atoms with Gasteiger partial charge in [0.05, 0.1) is 6.10 Å². The van der Waals surface area contributed by atoms with Crippen molar-refractivity contribution in [2.24, 2.45) is 0 Å². The van der Waals surface area contributed by atoms with E-state index in [1.165, 1.54) is 12.1 Å². The predicted octanol–water partition coefficient (Wildman–Crippen LogP) is 3.44. The Kier molecular flexibility index (Phi) is 4.71. The van der Waals surface area contributed by atoms with Gasteiger partial charge in [-0.15, -0.1) is 0 Å². The first-order valence-corrected chi connectivity index (χ1v) is 7.49. The van der Waals surface area contributed by atoms with Crippen LogP contribution in [0.3, 0.4) is 0 Å². The molecule has 1 saturated heterocycles. The van der Waals surface area contributed by atoms with E-state index in [1.54, 1.807) is 6.07 Å². The van der Waals surface area contributed by atoms with E-state index >= 15 is 0 Å². The predicted molar refractivity (Wildman–Crippen MR) is 81.0 cm³/mol. The monoisotopic (exact) mass is 302 g/mol. The molecule has 0 saturated carbocycles. The fourth-order valence-electron chi connectivity index (χ4n) is 2.56. The smallest absolute Gasteiger partial charge is 0.157 e. The molecule has 2 aromatic rings. The summed E-state index contributed by atoms with van der Waals surface area (Å²) in [6, 6.07) is 14.5. The first-order chi connectivity index (χ1) is 10.7. The first kappa shape index (κ1) is 15.0. The molecular weight excluding hydrogens is 283 g/mol. The minimum atomic E-state index is -0.633. The van der Waals surface area contributed by atoms with Gasteiger partial charge in [-0.2, -0.15) is 0 Å². The average molecular weight is 302 g/mol. The summed E-state index contributed by atoms with van der Waals surface area (Å²) in [4.78, 5) is 0. The van der Waals surface area contributed by atoms with E-state index in [0.717, 1.165) is 17.5 Å². The Morgan fingerprint density at radius 1 is 1.18 bits per heavy atom. The summed E-state index contributed by atoms with van der Waals surface area (Å²) in [5, 5.41) is 9.12. The number of ether oxygens (including phenoxy) is 2. The lowest BCUT2D eigenvalue weighted by Gasteiger charge is -2.32. The van der Waals surface area contributed by atoms with Gasteiger partial charge in [-0.05, 0) is 42.2 Å². The molecule has 3 rings (SSSR count). The van der Waals surface area contributed by atoms with Crippen LogP contribution in [0.2, 0.25) is 0 Å². The third kappa shape index (κ3) is 3.84. The van der Waals surface area contributed by atoms with Gasteiger partial charge in [0.25, 0.3) is 0 Å². The number of hydrogen-bond donors (Lipinski definition) is 1. The van der Waals surface area contributed by atoms with Gasteiger partial charge in [-0.3, -0.25) is 0 Å². The van der Waals surface area contributed by atoms with Gasteiger partial charge in [0, 0.05) is 6.42 Å². The topological polar surface area (TPSA) is 38.7 Å². The number of aryl methyl sites for hydroxylation is 1. The van der Waals surface area contributed by atoms with E-state index < -0.39 is 6.29 Å². The van der Waals surface area contributed by atoms with Crippen molar-refractivity contribution in [3.63, 3.8) is 0 Å². The molecule has 1 aliphatic rings. The summed E-state index contributed by atoms with van der Waals surface area (Å²) in [6.45, 7) is 0.456. The molecule has 1 aliphatic heterocycles. The van der Waals surface area contributed by atoms with E-state index in [9.17, 15) is 4.39 Å². The molecule has 1 heterocycles. The zero-order valence-electron chi connectivity index (χ0n) is 12.2. The zero-order valence-corrected chi connectivity index (χ0v) is 12.2. The number of rotatable bonds is 6. The van der Waals surface area contributed by atoms with E-state index in [4.69, 9.17) is 14.6 Å². The van der Waals surface area contributed by atoms with Crippen molar-refractivity contribution >= 4 is 0 Å². The Hall–Kier alpha value is -1.91. The van der Waals surface area contributed by atoms with Crippen molar-refractivity contribution in [2.45, 2.75) is 38.3 Å². The van der Waals surface area contributed by atoms with Crippen molar-refractivity contribution in [2.75, 3.05) is 0 Å². The second-order valence-corrected chi connectivity index (χ2v) is 5.51. The molecule has 2 aromatic carbocycles. The van der Waals surface area contributed by atoms with Crippen LogP contribution in [0.1, 0.15) is 24.0 Å². The van der Waals surface area contributed by atoms with Gasteiger partial charge in [0.15, 0.2) is 6.29 Å². The van der Waals surface area contributed by atoms with Gasteiger partial charge in [-0.25, -0.2) is 4.39 Å². The quantitative estimate of drug-likeness (QED) is 0.888. The highest BCUT2D eigenvalue weighted by atomic mass is 19.1. The molecular formula is C18H19FO3. The molecule has 2 atom stereocenters. The maximum Gasteiger partial charge on any atom is 0.157 e. The Balaban J connectivity index is 1.62. The molecule has 3 nitrogen and oxygen atoms in total. The van der Waals surface area contributed by atoms with Crippen LogP contribution in [0.4, 0.5) is 4.39 Å². The van der Waals surface area contributed by atoms with Crippen molar-refractivity contribution < 1.29 is 19.0 Å². The van der Waals surface area contributed by atoms with Gasteiger partial charge >= 0.3 is 0 Å². The highest BCUT2D eigenvalue weighted by Gasteiger charge is 2.27. The van der Waals surface area contributed by atoms with E-state index in [1.807, 2.05) is 30.3 Å². The summed E-state index contributed by atoms with van der Waals surface area (Å²) >= 11 is 0. The Morgan fingerprint density at radius 3 is 2.68 bits per heavy atom. The van der Waals surface area contributed by atoms with Crippen LogP contribution in [0.15, 0.2) is 48.5 Å². The van der Waals surface area contributed by atoms with Crippen molar-refractivity contribution in [3.05, 3.63) is 65.5 Å². The number of aliphatic hydroxyl groups excluding tert-OH is 1. The third-order valence-corrected chi connectivity index (χ3v) is 3.81. The maximum atomic E-state index is 13.5. The van der Waals surface area contributed by atoms with E-state index in [-0.39, 0.29) is 11.9 Å². The minimum absolute atomic E-state index is 0.0558. The number of halogens is 1. The van der Waals surface area contributed by atoms with Crippen LogP contribution in [0.5, 0.6) is 5.75 Å². The Labute approximate surface area is 129 Å². The Morgan fingerprint density at radius 2 is 1.95 bits per heavy atom. The summed E-state index contributed by atoms with van der Waals surface area (Å²) in [6.07, 6.45) is 1.49. The largest absolute Gasteiger partial charge is 0.489 e. The zero-order chi connectivity index (χ0) is 15.4. The van der Waals surface area contributed by atoms with Crippen LogP contribution >= 0.6 is 0 Å². The minimum Gasteiger partial charge on any atom is -0.489 e. The highest BCUT2D eigenvalue weighted by molar-refractivity contribution is 5.34. The highest BCUT2D eigenvalue weighted by Crippen LogP contribution is 2.27. The number of benzene rings is 2. The lowest BCUT2D eigenvalue weighted by molar-refractivity contribution is -0.232. The van der Waals surface area contributed by atoms with Crippen LogP contribution in [-0.4, -0.2) is 17.5 Å². The molecule has 0 aliphatic carbocycles. The average Bonchev–Trinajstić information content (AvgIpc) is 2.50. The maximum absolute atomic E-state index is 13.5. The van der Waals surface area contributed by atoms with Crippen molar-refractivity contribution in [1.82, 2.24) is 0 Å². The molecule has 116 valence electrons. The second-order valence-electron chi connectivity index (χ2n) is 5.51. The van der Waals surface area contributed by atoms with Crippen LogP contribution < -0.4 is 4.74 Å². The molecule has 0 amide bonds. The molecule has 1 unspecified atom stereocenters. The van der Waals surface area contributed by atoms with Gasteiger partial charge in [-0.1, -0.05) is 30.3 Å². The van der Waals surface area contributed by atoms with Crippen molar-refractivity contribution in [1.29, 1.82) is 0 Å². The molecule has 1 fully saturated rings. The molecule has 4 heteroatoms. The number of aliphatic hydroxyl groups is 1. The van der Waals surface area contributed by atoms with Crippen LogP contribution in [-0.2, 0) is 17.8 Å². The van der Waals surface area contributed by atoms with Crippen LogP contribution in [0, 0.1) is 5.82 Å². The first-order valence-electron chi connectivity index (χ1n) is 7.49. The summed E-state index contributed by atoms with van der Waals surface area (Å²) in [7, 11) is 0. The second kappa shape index (κ2) is 6.90. The summed E-state index contributed by atoms with van der Waals surface area (Å²) in [5.41, 5.74) is 1.91. The normalized spacial score (nSPS) is 20.5. The van der Waals surface area contributed by atoms with Crippen LogP contribution in [0.25, 0.3) is 0 Å². The molecule has 0 radical (unpaired) electrons. The molecule has 0 spiro atoms. The van der Waals surface area contributed by atoms with Gasteiger partial charge in [0.1, 0.15) is 18.2 Å².